The van der Waals surface area contributed by atoms with Crippen LogP contribution in [0, 0.1) is 0 Å². The van der Waals surface area contributed by atoms with Crippen LogP contribution in [0.3, 0.4) is 0 Å². The van der Waals surface area contributed by atoms with Crippen molar-refractivity contribution in [3.8, 4) is 0 Å². The average molecular weight is 282 g/mol. The number of hydrogen-bond acceptors (Lipinski definition) is 3. The van der Waals surface area contributed by atoms with Crippen LogP contribution in [0.15, 0.2) is 0 Å². The van der Waals surface area contributed by atoms with Gasteiger partial charge < -0.3 is 10.0 Å². The van der Waals surface area contributed by atoms with E-state index in [0.717, 1.165) is 45.3 Å². The Hall–Kier alpha value is -0.610. The highest BCUT2D eigenvalue weighted by atomic mass is 16.4. The van der Waals surface area contributed by atoms with Crippen LogP contribution in [-0.2, 0) is 4.79 Å². The van der Waals surface area contributed by atoms with Crippen molar-refractivity contribution in [2.75, 3.05) is 26.2 Å². The molecular formula is C16H30N2O2. The molecule has 116 valence electrons. The molecule has 4 nitrogen and oxygen atoms in total. The smallest absolute Gasteiger partial charge is 0.320 e. The summed E-state index contributed by atoms with van der Waals surface area (Å²) < 4.78 is 0. The normalized spacial score (nSPS) is 26.1. The van der Waals surface area contributed by atoms with E-state index in [-0.39, 0.29) is 6.04 Å². The van der Waals surface area contributed by atoms with Crippen molar-refractivity contribution in [3.05, 3.63) is 0 Å². The topological polar surface area (TPSA) is 43.8 Å². The second-order valence-electron chi connectivity index (χ2n) is 6.37. The van der Waals surface area contributed by atoms with Crippen LogP contribution < -0.4 is 0 Å². The minimum atomic E-state index is -0.621. The van der Waals surface area contributed by atoms with Crippen LogP contribution in [-0.4, -0.2) is 59.1 Å². The molecule has 1 atom stereocenters. The quantitative estimate of drug-likeness (QED) is 0.729. The summed E-state index contributed by atoms with van der Waals surface area (Å²) in [6, 6.07) is 0.293. The summed E-state index contributed by atoms with van der Waals surface area (Å²) in [6.07, 6.45) is 9.51. The Morgan fingerprint density at radius 1 is 1.10 bits per heavy atom. The number of carboxylic acid groups (broad SMARTS) is 1. The minimum Gasteiger partial charge on any atom is -0.480 e. The van der Waals surface area contributed by atoms with Gasteiger partial charge in [-0.2, -0.15) is 0 Å². The number of aliphatic carboxylic acids is 1. The highest BCUT2D eigenvalue weighted by molar-refractivity contribution is 5.73. The van der Waals surface area contributed by atoms with Crippen LogP contribution >= 0.6 is 0 Å². The predicted molar refractivity (Wildman–Crippen MR) is 81.0 cm³/mol. The standard InChI is InChI=1S/C16H30N2O2/c1-2-3-4-5-10-17-12-8-14(9-13-17)18-11-6-7-15(18)16(19)20/h14-15H,2-13H2,1H3,(H,19,20). The number of likely N-dealkylation sites (tertiary alicyclic amines) is 2. The van der Waals surface area contributed by atoms with E-state index < -0.39 is 5.97 Å². The Balaban J connectivity index is 1.70. The maximum Gasteiger partial charge on any atom is 0.320 e. The zero-order valence-electron chi connectivity index (χ0n) is 12.9. The van der Waals surface area contributed by atoms with Crippen LogP contribution in [0.5, 0.6) is 0 Å². The number of piperidine rings is 1. The number of rotatable bonds is 7. The fraction of sp³-hybridized carbons (Fsp3) is 0.938. The highest BCUT2D eigenvalue weighted by Crippen LogP contribution is 2.26. The molecule has 2 aliphatic heterocycles. The number of nitrogens with zero attached hydrogens (tertiary/aromatic N) is 2. The summed E-state index contributed by atoms with van der Waals surface area (Å²) in [7, 11) is 0. The molecule has 2 rings (SSSR count). The van der Waals surface area contributed by atoms with E-state index in [1.807, 2.05) is 0 Å². The fourth-order valence-electron chi connectivity index (χ4n) is 3.73. The molecule has 0 aliphatic carbocycles. The Morgan fingerprint density at radius 3 is 2.50 bits per heavy atom. The van der Waals surface area contributed by atoms with Gasteiger partial charge in [-0.25, -0.2) is 0 Å². The second-order valence-corrected chi connectivity index (χ2v) is 6.37. The second kappa shape index (κ2) is 7.99. The summed E-state index contributed by atoms with van der Waals surface area (Å²) in [5.41, 5.74) is 0. The van der Waals surface area contributed by atoms with Crippen molar-refractivity contribution in [2.45, 2.75) is 70.4 Å². The van der Waals surface area contributed by atoms with E-state index in [1.165, 1.54) is 32.2 Å². The molecule has 2 fully saturated rings. The lowest BCUT2D eigenvalue weighted by Crippen LogP contribution is -2.48. The molecule has 2 saturated heterocycles. The Bertz CT molecular complexity index is 301. The Kier molecular flexibility index (Phi) is 6.30. The van der Waals surface area contributed by atoms with Crippen molar-refractivity contribution >= 4 is 5.97 Å². The van der Waals surface area contributed by atoms with Gasteiger partial charge in [0, 0.05) is 6.04 Å². The molecule has 2 aliphatic rings. The minimum absolute atomic E-state index is 0.212. The molecule has 0 radical (unpaired) electrons. The van der Waals surface area contributed by atoms with Gasteiger partial charge in [0.2, 0.25) is 0 Å². The SMILES string of the molecule is CCCCCCN1CCC(N2CCCC2C(=O)O)CC1. The Labute approximate surface area is 123 Å². The molecule has 0 spiro atoms. The van der Waals surface area contributed by atoms with Gasteiger partial charge >= 0.3 is 5.97 Å². The van der Waals surface area contributed by atoms with Crippen molar-refractivity contribution in [1.82, 2.24) is 9.80 Å². The molecule has 4 heteroatoms. The van der Waals surface area contributed by atoms with Crippen molar-refractivity contribution < 1.29 is 9.90 Å². The molecule has 1 N–H and O–H groups in total. The van der Waals surface area contributed by atoms with E-state index in [0.29, 0.717) is 6.04 Å². The Morgan fingerprint density at radius 2 is 1.85 bits per heavy atom. The zero-order chi connectivity index (χ0) is 14.4. The van der Waals surface area contributed by atoms with Crippen molar-refractivity contribution in [3.63, 3.8) is 0 Å². The van der Waals surface area contributed by atoms with E-state index in [4.69, 9.17) is 0 Å². The van der Waals surface area contributed by atoms with Gasteiger partial charge in [-0.1, -0.05) is 26.2 Å². The third-order valence-corrected chi connectivity index (χ3v) is 4.93. The van der Waals surface area contributed by atoms with Crippen LogP contribution in [0.4, 0.5) is 0 Å². The molecule has 2 heterocycles. The van der Waals surface area contributed by atoms with Crippen LogP contribution in [0.25, 0.3) is 0 Å². The van der Waals surface area contributed by atoms with Gasteiger partial charge in [-0.15, -0.1) is 0 Å². The molecule has 0 amide bonds. The maximum absolute atomic E-state index is 11.3. The summed E-state index contributed by atoms with van der Waals surface area (Å²) in [5, 5.41) is 9.28. The molecule has 0 bridgehead atoms. The lowest BCUT2D eigenvalue weighted by molar-refractivity contribution is -0.143. The number of carbonyl (C=O) groups is 1. The van der Waals surface area contributed by atoms with Crippen LogP contribution in [0.1, 0.15) is 58.3 Å². The van der Waals surface area contributed by atoms with Gasteiger partial charge in [0.05, 0.1) is 0 Å². The highest BCUT2D eigenvalue weighted by Gasteiger charge is 2.36. The van der Waals surface area contributed by atoms with Gasteiger partial charge in [0.25, 0.3) is 0 Å². The molecule has 0 saturated carbocycles. The molecule has 0 aromatic carbocycles. The molecular weight excluding hydrogens is 252 g/mol. The summed E-state index contributed by atoms with van der Waals surface area (Å²) in [4.78, 5) is 16.1. The third kappa shape index (κ3) is 4.19. The van der Waals surface area contributed by atoms with E-state index in [2.05, 4.69) is 16.7 Å². The largest absolute Gasteiger partial charge is 0.480 e. The third-order valence-electron chi connectivity index (χ3n) is 4.93. The summed E-state index contributed by atoms with van der Waals surface area (Å²) >= 11 is 0. The van der Waals surface area contributed by atoms with Crippen LogP contribution in [0.2, 0.25) is 0 Å². The lowest BCUT2D eigenvalue weighted by Gasteiger charge is -2.38. The number of carboxylic acids is 1. The summed E-state index contributed by atoms with van der Waals surface area (Å²) in [6.45, 7) is 6.77. The van der Waals surface area contributed by atoms with E-state index in [9.17, 15) is 9.90 Å². The predicted octanol–water partition coefficient (Wildman–Crippen LogP) is 2.58. The zero-order valence-corrected chi connectivity index (χ0v) is 12.9. The fourth-order valence-corrected chi connectivity index (χ4v) is 3.73. The maximum atomic E-state index is 11.3. The summed E-state index contributed by atoms with van der Waals surface area (Å²) in [5.74, 6) is -0.621. The molecule has 1 unspecified atom stereocenters. The first-order valence-corrected chi connectivity index (χ1v) is 8.43. The molecule has 20 heavy (non-hydrogen) atoms. The number of unbranched alkanes of at least 4 members (excludes halogenated alkanes) is 3. The van der Waals surface area contributed by atoms with E-state index in [1.54, 1.807) is 0 Å². The van der Waals surface area contributed by atoms with Crippen molar-refractivity contribution in [2.24, 2.45) is 0 Å². The van der Waals surface area contributed by atoms with Gasteiger partial charge in [0.1, 0.15) is 6.04 Å². The first-order valence-electron chi connectivity index (χ1n) is 8.43. The van der Waals surface area contributed by atoms with E-state index >= 15 is 0 Å². The van der Waals surface area contributed by atoms with Gasteiger partial charge in [0.15, 0.2) is 0 Å². The first-order chi connectivity index (χ1) is 9.72. The molecule has 0 aromatic rings. The van der Waals surface area contributed by atoms with Crippen molar-refractivity contribution in [1.29, 1.82) is 0 Å². The number of hydrogen-bond donors (Lipinski definition) is 1. The average Bonchev–Trinajstić information content (AvgIpc) is 2.94. The first kappa shape index (κ1) is 15.8. The lowest BCUT2D eigenvalue weighted by atomic mass is 10.0. The molecule has 0 aromatic heterocycles. The van der Waals surface area contributed by atoms with Gasteiger partial charge in [-0.05, 0) is 58.3 Å². The van der Waals surface area contributed by atoms with Gasteiger partial charge in [-0.3, -0.25) is 9.69 Å². The monoisotopic (exact) mass is 282 g/mol.